The van der Waals surface area contributed by atoms with Crippen LogP contribution in [0.15, 0.2) is 24.3 Å². The summed E-state index contributed by atoms with van der Waals surface area (Å²) in [7, 11) is -0.494. The summed E-state index contributed by atoms with van der Waals surface area (Å²) in [5, 5.41) is 0. The average molecular weight is 309 g/mol. The lowest BCUT2D eigenvalue weighted by Gasteiger charge is -2.32. The van der Waals surface area contributed by atoms with E-state index >= 15 is 0 Å². The van der Waals surface area contributed by atoms with E-state index < -0.39 is 30.8 Å². The van der Waals surface area contributed by atoms with E-state index in [1.165, 1.54) is 4.90 Å². The SMILES string of the molecule is CC1(C)OB(c2cccc(N3CCC(F)C3F)c2)OC1(C)C. The molecule has 120 valence electrons. The maximum Gasteiger partial charge on any atom is 0.494 e. The van der Waals surface area contributed by atoms with E-state index in [2.05, 4.69) is 0 Å². The highest BCUT2D eigenvalue weighted by Crippen LogP contribution is 2.37. The first kappa shape index (κ1) is 15.7. The van der Waals surface area contributed by atoms with Gasteiger partial charge in [-0.2, -0.15) is 0 Å². The number of benzene rings is 1. The highest BCUT2D eigenvalue weighted by molar-refractivity contribution is 6.62. The molecule has 22 heavy (non-hydrogen) atoms. The van der Waals surface area contributed by atoms with Gasteiger partial charge in [0.2, 0.25) is 6.30 Å². The molecule has 2 fully saturated rings. The molecule has 3 rings (SSSR count). The Morgan fingerprint density at radius 2 is 1.77 bits per heavy atom. The number of halogens is 2. The van der Waals surface area contributed by atoms with Crippen molar-refractivity contribution in [2.75, 3.05) is 11.4 Å². The third kappa shape index (κ3) is 2.52. The summed E-state index contributed by atoms with van der Waals surface area (Å²) < 4.78 is 39.3. The van der Waals surface area contributed by atoms with Crippen LogP contribution in [-0.2, 0) is 9.31 Å². The molecule has 2 aliphatic rings. The Balaban J connectivity index is 1.84. The average Bonchev–Trinajstić information content (AvgIpc) is 2.88. The van der Waals surface area contributed by atoms with Crippen LogP contribution in [0.2, 0.25) is 0 Å². The Morgan fingerprint density at radius 3 is 2.32 bits per heavy atom. The van der Waals surface area contributed by atoms with Crippen LogP contribution in [0, 0.1) is 0 Å². The molecule has 0 spiro atoms. The van der Waals surface area contributed by atoms with E-state index in [0.29, 0.717) is 12.2 Å². The molecule has 2 saturated heterocycles. The molecule has 1 aromatic rings. The number of hydrogen-bond donors (Lipinski definition) is 0. The van der Waals surface area contributed by atoms with Gasteiger partial charge in [-0.25, -0.2) is 8.78 Å². The maximum absolute atomic E-state index is 13.9. The minimum Gasteiger partial charge on any atom is -0.399 e. The van der Waals surface area contributed by atoms with Gasteiger partial charge in [0.05, 0.1) is 11.2 Å². The lowest BCUT2D eigenvalue weighted by Crippen LogP contribution is -2.41. The number of alkyl halides is 2. The normalized spacial score (nSPS) is 30.1. The van der Waals surface area contributed by atoms with Crippen LogP contribution < -0.4 is 10.4 Å². The molecular weight excluding hydrogens is 287 g/mol. The van der Waals surface area contributed by atoms with E-state index in [4.69, 9.17) is 9.31 Å². The van der Waals surface area contributed by atoms with Gasteiger partial charge in [0.15, 0.2) is 6.17 Å². The van der Waals surface area contributed by atoms with Crippen LogP contribution >= 0.6 is 0 Å². The van der Waals surface area contributed by atoms with Crippen LogP contribution in [0.25, 0.3) is 0 Å². The zero-order valence-corrected chi connectivity index (χ0v) is 13.5. The highest BCUT2D eigenvalue weighted by atomic mass is 19.2. The number of hydrogen-bond acceptors (Lipinski definition) is 3. The predicted molar refractivity (Wildman–Crippen MR) is 83.9 cm³/mol. The van der Waals surface area contributed by atoms with Crippen molar-refractivity contribution in [1.82, 2.24) is 0 Å². The molecule has 0 saturated carbocycles. The molecule has 0 bridgehead atoms. The van der Waals surface area contributed by atoms with Gasteiger partial charge in [0.25, 0.3) is 0 Å². The lowest BCUT2D eigenvalue weighted by molar-refractivity contribution is 0.00578. The van der Waals surface area contributed by atoms with Gasteiger partial charge in [0, 0.05) is 18.7 Å². The Labute approximate surface area is 130 Å². The molecule has 3 nitrogen and oxygen atoms in total. The molecule has 2 unspecified atom stereocenters. The molecule has 1 aromatic carbocycles. The summed E-state index contributed by atoms with van der Waals surface area (Å²) in [6, 6.07) is 7.34. The summed E-state index contributed by atoms with van der Waals surface area (Å²) >= 11 is 0. The summed E-state index contributed by atoms with van der Waals surface area (Å²) in [5.41, 5.74) is 0.646. The molecular formula is C16H22BF2NO2. The minimum atomic E-state index is -1.58. The van der Waals surface area contributed by atoms with E-state index in [1.54, 1.807) is 6.07 Å². The number of rotatable bonds is 2. The first-order valence-corrected chi connectivity index (χ1v) is 7.72. The van der Waals surface area contributed by atoms with E-state index in [1.807, 2.05) is 45.9 Å². The summed E-state index contributed by atoms with van der Waals surface area (Å²) in [6.45, 7) is 8.34. The van der Waals surface area contributed by atoms with Crippen molar-refractivity contribution in [3.05, 3.63) is 24.3 Å². The fraction of sp³-hybridized carbons (Fsp3) is 0.625. The van der Waals surface area contributed by atoms with Crippen molar-refractivity contribution in [3.63, 3.8) is 0 Å². The van der Waals surface area contributed by atoms with E-state index in [9.17, 15) is 8.78 Å². The fourth-order valence-corrected chi connectivity index (χ4v) is 2.82. The zero-order chi connectivity index (χ0) is 16.1. The minimum absolute atomic E-state index is 0.224. The van der Waals surface area contributed by atoms with E-state index in [0.717, 1.165) is 5.46 Å². The summed E-state index contributed by atoms with van der Waals surface area (Å²) in [5.74, 6) is 0. The molecule has 0 radical (unpaired) electrons. The Morgan fingerprint density at radius 1 is 1.14 bits per heavy atom. The van der Waals surface area contributed by atoms with Gasteiger partial charge in [-0.05, 0) is 45.3 Å². The molecule has 0 aliphatic carbocycles. The molecule has 6 heteroatoms. The van der Waals surface area contributed by atoms with Crippen molar-refractivity contribution in [3.8, 4) is 0 Å². The molecule has 0 aromatic heterocycles. The lowest BCUT2D eigenvalue weighted by atomic mass is 9.79. The molecule has 0 N–H and O–H groups in total. The van der Waals surface area contributed by atoms with Gasteiger partial charge in [-0.1, -0.05) is 12.1 Å². The second kappa shape index (κ2) is 5.20. The van der Waals surface area contributed by atoms with Gasteiger partial charge in [0.1, 0.15) is 0 Å². The topological polar surface area (TPSA) is 21.7 Å². The van der Waals surface area contributed by atoms with Gasteiger partial charge >= 0.3 is 7.12 Å². The Hall–Kier alpha value is -1.14. The van der Waals surface area contributed by atoms with Crippen molar-refractivity contribution in [2.24, 2.45) is 0 Å². The first-order valence-electron chi connectivity index (χ1n) is 7.72. The van der Waals surface area contributed by atoms with Gasteiger partial charge in [-0.15, -0.1) is 0 Å². The molecule has 0 amide bonds. The third-order valence-electron chi connectivity index (χ3n) is 4.97. The summed E-state index contributed by atoms with van der Waals surface area (Å²) in [6.07, 6.45) is -2.77. The van der Waals surface area contributed by atoms with Crippen molar-refractivity contribution in [1.29, 1.82) is 0 Å². The van der Waals surface area contributed by atoms with Crippen LogP contribution in [0.3, 0.4) is 0 Å². The fourth-order valence-electron chi connectivity index (χ4n) is 2.82. The molecule has 2 heterocycles. The number of anilines is 1. The summed E-state index contributed by atoms with van der Waals surface area (Å²) in [4.78, 5) is 1.46. The zero-order valence-electron chi connectivity index (χ0n) is 13.5. The van der Waals surface area contributed by atoms with Crippen LogP contribution in [0.4, 0.5) is 14.5 Å². The first-order chi connectivity index (χ1) is 10.2. The van der Waals surface area contributed by atoms with Crippen LogP contribution in [-0.4, -0.2) is 37.3 Å². The number of nitrogens with zero attached hydrogens (tertiary/aromatic N) is 1. The second-order valence-electron chi connectivity index (χ2n) is 7.05. The van der Waals surface area contributed by atoms with E-state index in [-0.39, 0.29) is 6.42 Å². The third-order valence-corrected chi connectivity index (χ3v) is 4.97. The van der Waals surface area contributed by atoms with Crippen LogP contribution in [0.1, 0.15) is 34.1 Å². The van der Waals surface area contributed by atoms with Crippen molar-refractivity contribution < 1.29 is 18.1 Å². The smallest absolute Gasteiger partial charge is 0.399 e. The van der Waals surface area contributed by atoms with Crippen molar-refractivity contribution >= 4 is 18.3 Å². The monoisotopic (exact) mass is 309 g/mol. The Bertz CT molecular complexity index is 551. The van der Waals surface area contributed by atoms with Gasteiger partial charge in [-0.3, -0.25) is 0 Å². The molecule has 2 atom stereocenters. The highest BCUT2D eigenvalue weighted by Gasteiger charge is 2.51. The largest absolute Gasteiger partial charge is 0.494 e. The van der Waals surface area contributed by atoms with Crippen molar-refractivity contribution in [2.45, 2.75) is 57.8 Å². The standard InChI is InChI=1S/C16H22BF2NO2/c1-15(2)16(3,4)22-17(21-15)11-6-5-7-12(10-11)20-9-8-13(18)14(20)19/h5-7,10,13-14H,8-9H2,1-4H3. The van der Waals surface area contributed by atoms with Crippen LogP contribution in [0.5, 0.6) is 0 Å². The Kier molecular flexibility index (Phi) is 3.72. The molecule has 2 aliphatic heterocycles. The predicted octanol–water partition coefficient (Wildman–Crippen LogP) is 2.83. The quantitative estimate of drug-likeness (QED) is 0.619. The van der Waals surface area contributed by atoms with Gasteiger partial charge < -0.3 is 14.2 Å². The maximum atomic E-state index is 13.9. The second-order valence-corrected chi connectivity index (χ2v) is 7.05.